The van der Waals surface area contributed by atoms with Crippen molar-refractivity contribution in [1.29, 1.82) is 0 Å². The Morgan fingerprint density at radius 3 is 2.53 bits per heavy atom. The number of aliphatic carboxylic acids is 1. The van der Waals surface area contributed by atoms with Crippen LogP contribution in [-0.2, 0) is 14.8 Å². The zero-order valence-corrected chi connectivity index (χ0v) is 10.4. The van der Waals surface area contributed by atoms with Gasteiger partial charge >= 0.3 is 5.97 Å². The molecule has 1 rings (SSSR count). The number of carboxylic acid groups (broad SMARTS) is 1. The van der Waals surface area contributed by atoms with E-state index in [1.165, 1.54) is 6.20 Å². The van der Waals surface area contributed by atoms with E-state index in [-0.39, 0.29) is 18.8 Å². The summed E-state index contributed by atoms with van der Waals surface area (Å²) in [4.78, 5) is 14.5. The van der Waals surface area contributed by atoms with Crippen LogP contribution in [0.3, 0.4) is 0 Å². The number of nitrogens with zero attached hydrogens (tertiary/aromatic N) is 2. The van der Waals surface area contributed by atoms with Gasteiger partial charge in [0, 0.05) is 12.7 Å². The first-order valence-corrected chi connectivity index (χ1v) is 6.77. The maximum absolute atomic E-state index is 11.5. The smallest absolute Gasteiger partial charge is 0.305 e. The van der Waals surface area contributed by atoms with Crippen LogP contribution in [0.1, 0.15) is 12.0 Å². The summed E-state index contributed by atoms with van der Waals surface area (Å²) < 4.78 is 24.0. The minimum Gasteiger partial charge on any atom is -0.481 e. The first kappa shape index (κ1) is 13.4. The number of sulfonamides is 1. The molecule has 1 N–H and O–H groups in total. The highest BCUT2D eigenvalue weighted by molar-refractivity contribution is 7.92. The number of carboxylic acids is 1. The lowest BCUT2D eigenvalue weighted by Gasteiger charge is -2.20. The van der Waals surface area contributed by atoms with Crippen molar-refractivity contribution in [1.82, 2.24) is 4.98 Å². The molecule has 0 spiro atoms. The van der Waals surface area contributed by atoms with E-state index in [4.69, 9.17) is 5.11 Å². The molecule has 94 valence electrons. The number of hydrogen-bond donors (Lipinski definition) is 1. The molecule has 0 atom stereocenters. The van der Waals surface area contributed by atoms with Crippen LogP contribution >= 0.6 is 0 Å². The molecule has 17 heavy (non-hydrogen) atoms. The fraction of sp³-hybridized carbons (Fsp3) is 0.400. The van der Waals surface area contributed by atoms with Gasteiger partial charge in [-0.25, -0.2) is 13.4 Å². The van der Waals surface area contributed by atoms with Gasteiger partial charge < -0.3 is 5.11 Å². The van der Waals surface area contributed by atoms with Gasteiger partial charge in [-0.05, 0) is 18.6 Å². The number of hydrogen-bond acceptors (Lipinski definition) is 4. The number of aryl methyl sites for hydroxylation is 1. The summed E-state index contributed by atoms with van der Waals surface area (Å²) in [7, 11) is -3.52. The predicted octanol–water partition coefficient (Wildman–Crippen LogP) is 0.631. The third-order valence-corrected chi connectivity index (χ3v) is 3.25. The second-order valence-corrected chi connectivity index (χ2v) is 5.58. The van der Waals surface area contributed by atoms with Crippen molar-refractivity contribution in [2.45, 2.75) is 13.3 Å². The molecule has 0 aliphatic heterocycles. The van der Waals surface area contributed by atoms with E-state index in [9.17, 15) is 13.2 Å². The molecule has 1 heterocycles. The van der Waals surface area contributed by atoms with Crippen molar-refractivity contribution in [3.63, 3.8) is 0 Å². The fourth-order valence-corrected chi connectivity index (χ4v) is 2.13. The van der Waals surface area contributed by atoms with Crippen LogP contribution in [0.4, 0.5) is 5.82 Å². The zero-order valence-electron chi connectivity index (χ0n) is 9.62. The van der Waals surface area contributed by atoms with E-state index in [0.717, 1.165) is 16.1 Å². The van der Waals surface area contributed by atoms with Gasteiger partial charge in [0.05, 0.1) is 12.7 Å². The Labute approximate surface area is 100.0 Å². The van der Waals surface area contributed by atoms with Gasteiger partial charge in [0.15, 0.2) is 0 Å². The normalized spacial score (nSPS) is 11.2. The van der Waals surface area contributed by atoms with E-state index >= 15 is 0 Å². The lowest BCUT2D eigenvalue weighted by molar-refractivity contribution is -0.136. The third kappa shape index (κ3) is 4.03. The van der Waals surface area contributed by atoms with E-state index in [1.54, 1.807) is 12.1 Å². The maximum Gasteiger partial charge on any atom is 0.305 e. The Balaban J connectivity index is 2.98. The number of pyridine rings is 1. The van der Waals surface area contributed by atoms with Gasteiger partial charge in [-0.2, -0.15) is 0 Å². The lowest BCUT2D eigenvalue weighted by atomic mass is 10.3. The third-order valence-electron chi connectivity index (χ3n) is 2.08. The predicted molar refractivity (Wildman–Crippen MR) is 63.4 cm³/mol. The second kappa shape index (κ2) is 5.13. The molecular formula is C10H14N2O4S. The van der Waals surface area contributed by atoms with Crippen LogP contribution in [0.2, 0.25) is 0 Å². The number of carbonyl (C=O) groups is 1. The SMILES string of the molecule is Cc1ccc(N(CCC(=O)O)S(C)(=O)=O)nc1. The summed E-state index contributed by atoms with van der Waals surface area (Å²) in [5, 5.41) is 8.58. The Kier molecular flexibility index (Phi) is 4.06. The first-order chi connectivity index (χ1) is 7.80. The van der Waals surface area contributed by atoms with Gasteiger partial charge in [-0.15, -0.1) is 0 Å². The minimum absolute atomic E-state index is 0.121. The first-order valence-electron chi connectivity index (χ1n) is 4.93. The standard InChI is InChI=1S/C10H14N2O4S/c1-8-3-4-9(11-7-8)12(17(2,15)16)6-5-10(13)14/h3-4,7H,5-6H2,1-2H3,(H,13,14). The van der Waals surface area contributed by atoms with Crippen LogP contribution in [-0.4, -0.2) is 37.3 Å². The molecule has 0 saturated carbocycles. The van der Waals surface area contributed by atoms with Gasteiger partial charge in [0.2, 0.25) is 10.0 Å². The summed E-state index contributed by atoms with van der Waals surface area (Å²) in [5.41, 5.74) is 0.903. The number of anilines is 1. The summed E-state index contributed by atoms with van der Waals surface area (Å²) in [6, 6.07) is 3.28. The summed E-state index contributed by atoms with van der Waals surface area (Å²) in [5.74, 6) is -0.815. The Morgan fingerprint density at radius 2 is 2.12 bits per heavy atom. The average Bonchev–Trinajstić information content (AvgIpc) is 2.18. The number of rotatable bonds is 5. The van der Waals surface area contributed by atoms with Crippen LogP contribution in [0.15, 0.2) is 18.3 Å². The Bertz CT molecular complexity index is 496. The molecule has 7 heteroatoms. The van der Waals surface area contributed by atoms with Crippen molar-refractivity contribution in [2.75, 3.05) is 17.1 Å². The molecule has 0 fully saturated rings. The fourth-order valence-electron chi connectivity index (χ4n) is 1.25. The zero-order chi connectivity index (χ0) is 13.1. The molecule has 0 amide bonds. The molecule has 0 saturated heterocycles. The highest BCUT2D eigenvalue weighted by atomic mass is 32.2. The molecular weight excluding hydrogens is 244 g/mol. The largest absolute Gasteiger partial charge is 0.481 e. The molecule has 0 aliphatic rings. The van der Waals surface area contributed by atoms with E-state index in [0.29, 0.717) is 0 Å². The van der Waals surface area contributed by atoms with Crippen LogP contribution < -0.4 is 4.31 Å². The summed E-state index contributed by atoms with van der Waals surface area (Å²) in [6.45, 7) is 1.71. The molecule has 1 aromatic heterocycles. The monoisotopic (exact) mass is 258 g/mol. The molecule has 6 nitrogen and oxygen atoms in total. The molecule has 0 unspecified atom stereocenters. The van der Waals surface area contributed by atoms with Crippen LogP contribution in [0.25, 0.3) is 0 Å². The van der Waals surface area contributed by atoms with Gasteiger partial charge in [0.1, 0.15) is 5.82 Å². The average molecular weight is 258 g/mol. The van der Waals surface area contributed by atoms with E-state index in [1.807, 2.05) is 6.92 Å². The van der Waals surface area contributed by atoms with Gasteiger partial charge in [-0.3, -0.25) is 9.10 Å². The number of aromatic nitrogens is 1. The molecule has 0 aromatic carbocycles. The van der Waals surface area contributed by atoms with Crippen LogP contribution in [0.5, 0.6) is 0 Å². The maximum atomic E-state index is 11.5. The molecule has 0 bridgehead atoms. The van der Waals surface area contributed by atoms with Gasteiger partial charge in [-0.1, -0.05) is 6.07 Å². The van der Waals surface area contributed by atoms with Gasteiger partial charge in [0.25, 0.3) is 0 Å². The van der Waals surface area contributed by atoms with Crippen molar-refractivity contribution in [2.24, 2.45) is 0 Å². The highest BCUT2D eigenvalue weighted by Gasteiger charge is 2.19. The minimum atomic E-state index is -3.52. The van der Waals surface area contributed by atoms with Crippen molar-refractivity contribution in [3.05, 3.63) is 23.9 Å². The molecule has 0 radical (unpaired) electrons. The summed E-state index contributed by atoms with van der Waals surface area (Å²) >= 11 is 0. The molecule has 1 aromatic rings. The Morgan fingerprint density at radius 1 is 1.47 bits per heavy atom. The molecule has 0 aliphatic carbocycles. The van der Waals surface area contributed by atoms with E-state index in [2.05, 4.69) is 4.98 Å². The summed E-state index contributed by atoms with van der Waals surface area (Å²) in [6.07, 6.45) is 2.30. The van der Waals surface area contributed by atoms with Crippen molar-refractivity contribution < 1.29 is 18.3 Å². The van der Waals surface area contributed by atoms with Crippen molar-refractivity contribution >= 4 is 21.8 Å². The topological polar surface area (TPSA) is 87.6 Å². The van der Waals surface area contributed by atoms with Crippen LogP contribution in [0, 0.1) is 6.92 Å². The van der Waals surface area contributed by atoms with E-state index < -0.39 is 16.0 Å². The lowest BCUT2D eigenvalue weighted by Crippen LogP contribution is -2.32. The quantitative estimate of drug-likeness (QED) is 0.837. The van der Waals surface area contributed by atoms with Crippen molar-refractivity contribution in [3.8, 4) is 0 Å². The highest BCUT2D eigenvalue weighted by Crippen LogP contribution is 2.14. The second-order valence-electron chi connectivity index (χ2n) is 3.67. The Hall–Kier alpha value is -1.63.